The van der Waals surface area contributed by atoms with Crippen LogP contribution in [0.5, 0.6) is 5.88 Å². The molecule has 106 valence electrons. The lowest BCUT2D eigenvalue weighted by atomic mass is 10.1. The number of rotatable bonds is 2. The van der Waals surface area contributed by atoms with Crippen LogP contribution in [0.2, 0.25) is 0 Å². The van der Waals surface area contributed by atoms with Gasteiger partial charge in [-0.1, -0.05) is 0 Å². The average molecular weight is 338 g/mol. The highest BCUT2D eigenvalue weighted by atomic mass is 79.9. The number of aryl methyl sites for hydroxylation is 1. The summed E-state index contributed by atoms with van der Waals surface area (Å²) in [6.07, 6.45) is 0. The van der Waals surface area contributed by atoms with Gasteiger partial charge in [0.25, 0.3) is 0 Å². The summed E-state index contributed by atoms with van der Waals surface area (Å²) in [4.78, 5) is 11.3. The minimum absolute atomic E-state index is 0.612. The van der Waals surface area contributed by atoms with Crippen molar-refractivity contribution in [2.45, 2.75) is 6.92 Å². The molecule has 0 spiro atoms. The fourth-order valence-electron chi connectivity index (χ4n) is 2.35. The summed E-state index contributed by atoms with van der Waals surface area (Å²) in [5.74, 6) is 1.31. The van der Waals surface area contributed by atoms with E-state index in [1.807, 2.05) is 13.0 Å². The number of anilines is 1. The van der Waals surface area contributed by atoms with Gasteiger partial charge in [-0.25, -0.2) is 4.98 Å². The van der Waals surface area contributed by atoms with E-state index in [4.69, 9.17) is 9.47 Å². The van der Waals surface area contributed by atoms with Crippen LogP contribution in [0.15, 0.2) is 16.6 Å². The molecule has 0 amide bonds. The first kappa shape index (κ1) is 13.6. The van der Waals surface area contributed by atoms with Gasteiger partial charge in [0.1, 0.15) is 0 Å². The fourth-order valence-corrected chi connectivity index (χ4v) is 3.01. The van der Waals surface area contributed by atoms with Crippen molar-refractivity contribution in [3.05, 3.63) is 22.2 Å². The van der Waals surface area contributed by atoms with Crippen molar-refractivity contribution in [3.63, 3.8) is 0 Å². The quantitative estimate of drug-likeness (QED) is 0.842. The van der Waals surface area contributed by atoms with Gasteiger partial charge in [0.05, 0.1) is 31.2 Å². The van der Waals surface area contributed by atoms with Crippen LogP contribution in [-0.4, -0.2) is 43.4 Å². The van der Waals surface area contributed by atoms with E-state index in [9.17, 15) is 0 Å². The second-order valence-corrected chi connectivity index (χ2v) is 5.63. The van der Waals surface area contributed by atoms with Gasteiger partial charge in [-0.05, 0) is 40.5 Å². The van der Waals surface area contributed by atoms with Crippen molar-refractivity contribution >= 4 is 32.8 Å². The Balaban J connectivity index is 2.15. The Morgan fingerprint density at radius 2 is 2.00 bits per heavy atom. The van der Waals surface area contributed by atoms with Crippen LogP contribution in [0.25, 0.3) is 10.9 Å². The zero-order chi connectivity index (χ0) is 14.1. The first-order valence-electron chi connectivity index (χ1n) is 6.53. The Labute approximate surface area is 126 Å². The molecule has 1 aromatic carbocycles. The van der Waals surface area contributed by atoms with Gasteiger partial charge in [0.15, 0.2) is 0 Å². The van der Waals surface area contributed by atoms with Gasteiger partial charge in [0, 0.05) is 17.6 Å². The summed E-state index contributed by atoms with van der Waals surface area (Å²) in [5.41, 5.74) is 2.02. The molecule has 0 aliphatic carbocycles. The molecule has 1 aliphatic rings. The minimum Gasteiger partial charge on any atom is -0.480 e. The first-order valence-corrected chi connectivity index (χ1v) is 7.33. The number of benzene rings is 1. The first-order chi connectivity index (χ1) is 9.69. The molecule has 20 heavy (non-hydrogen) atoms. The van der Waals surface area contributed by atoms with Crippen LogP contribution < -0.4 is 9.64 Å². The van der Waals surface area contributed by atoms with Crippen LogP contribution in [0.1, 0.15) is 5.56 Å². The van der Waals surface area contributed by atoms with Crippen molar-refractivity contribution in [1.29, 1.82) is 0 Å². The summed E-state index contributed by atoms with van der Waals surface area (Å²) in [7, 11) is 1.64. The lowest BCUT2D eigenvalue weighted by molar-refractivity contribution is 0.122. The molecule has 1 aromatic heterocycles. The molecule has 1 saturated heterocycles. The number of hydrogen-bond donors (Lipinski definition) is 0. The SMILES string of the molecule is COc1nc(N2CCOCC2)nc2c(Br)cc(C)cc12. The van der Waals surface area contributed by atoms with Gasteiger partial charge < -0.3 is 14.4 Å². The molecule has 3 rings (SSSR count). The molecule has 0 radical (unpaired) electrons. The van der Waals surface area contributed by atoms with Crippen LogP contribution >= 0.6 is 15.9 Å². The van der Waals surface area contributed by atoms with Crippen LogP contribution in [-0.2, 0) is 4.74 Å². The monoisotopic (exact) mass is 337 g/mol. The molecule has 2 heterocycles. The molecule has 1 aliphatic heterocycles. The Bertz CT molecular complexity index is 642. The maximum absolute atomic E-state index is 5.44. The van der Waals surface area contributed by atoms with Crippen LogP contribution in [0, 0.1) is 6.92 Å². The zero-order valence-corrected chi connectivity index (χ0v) is 13.1. The minimum atomic E-state index is 0.612. The highest BCUT2D eigenvalue weighted by molar-refractivity contribution is 9.10. The van der Waals surface area contributed by atoms with Crippen molar-refractivity contribution in [2.24, 2.45) is 0 Å². The van der Waals surface area contributed by atoms with Crippen LogP contribution in [0.3, 0.4) is 0 Å². The van der Waals surface area contributed by atoms with Crippen molar-refractivity contribution in [1.82, 2.24) is 9.97 Å². The van der Waals surface area contributed by atoms with E-state index in [0.717, 1.165) is 34.0 Å². The normalized spacial score (nSPS) is 15.7. The number of halogens is 1. The van der Waals surface area contributed by atoms with E-state index in [1.165, 1.54) is 0 Å². The fraction of sp³-hybridized carbons (Fsp3) is 0.429. The Kier molecular flexibility index (Phi) is 3.76. The van der Waals surface area contributed by atoms with Gasteiger partial charge in [-0.15, -0.1) is 0 Å². The van der Waals surface area contributed by atoms with Crippen molar-refractivity contribution < 1.29 is 9.47 Å². The molecule has 2 aromatic rings. The Hall–Kier alpha value is -1.40. The van der Waals surface area contributed by atoms with E-state index in [1.54, 1.807) is 7.11 Å². The number of morpholine rings is 1. The Morgan fingerprint density at radius 1 is 1.25 bits per heavy atom. The zero-order valence-electron chi connectivity index (χ0n) is 11.5. The maximum Gasteiger partial charge on any atom is 0.229 e. The number of aromatic nitrogens is 2. The van der Waals surface area contributed by atoms with Gasteiger partial charge in [-0.2, -0.15) is 4.98 Å². The lowest BCUT2D eigenvalue weighted by Gasteiger charge is -2.27. The maximum atomic E-state index is 5.44. The van der Waals surface area contributed by atoms with E-state index in [-0.39, 0.29) is 0 Å². The number of methoxy groups -OCH3 is 1. The Morgan fingerprint density at radius 3 is 2.70 bits per heavy atom. The standard InChI is InChI=1S/C14H16BrN3O2/c1-9-7-10-12(11(15)8-9)16-14(17-13(10)19-2)18-3-5-20-6-4-18/h7-8H,3-6H2,1-2H3. The molecule has 6 heteroatoms. The molecule has 0 N–H and O–H groups in total. The van der Waals surface area contributed by atoms with E-state index in [2.05, 4.69) is 36.9 Å². The highest BCUT2D eigenvalue weighted by Gasteiger charge is 2.18. The third-order valence-corrected chi connectivity index (χ3v) is 3.94. The predicted octanol–water partition coefficient (Wildman–Crippen LogP) is 2.55. The summed E-state index contributed by atoms with van der Waals surface area (Å²) >= 11 is 3.58. The predicted molar refractivity (Wildman–Crippen MR) is 81.6 cm³/mol. The second kappa shape index (κ2) is 5.54. The summed E-state index contributed by atoms with van der Waals surface area (Å²) in [6, 6.07) is 4.10. The van der Waals surface area contributed by atoms with Crippen LogP contribution in [0.4, 0.5) is 5.95 Å². The molecule has 5 nitrogen and oxygen atoms in total. The number of hydrogen-bond acceptors (Lipinski definition) is 5. The smallest absolute Gasteiger partial charge is 0.229 e. The second-order valence-electron chi connectivity index (χ2n) is 4.78. The molecule has 0 saturated carbocycles. The summed E-state index contributed by atoms with van der Waals surface area (Å²) in [5, 5.41) is 0.927. The van der Waals surface area contributed by atoms with Crippen molar-refractivity contribution in [2.75, 3.05) is 38.3 Å². The molecule has 1 fully saturated rings. The lowest BCUT2D eigenvalue weighted by Crippen LogP contribution is -2.37. The van der Waals surface area contributed by atoms with Gasteiger partial charge in [0.2, 0.25) is 11.8 Å². The summed E-state index contributed by atoms with van der Waals surface area (Å²) < 4.78 is 11.8. The molecule has 0 atom stereocenters. The third-order valence-electron chi connectivity index (χ3n) is 3.34. The molecular weight excluding hydrogens is 322 g/mol. The number of fused-ring (bicyclic) bond motifs is 1. The van der Waals surface area contributed by atoms with Crippen molar-refractivity contribution in [3.8, 4) is 5.88 Å². The van der Waals surface area contributed by atoms with Gasteiger partial charge in [-0.3, -0.25) is 0 Å². The van der Waals surface area contributed by atoms with E-state index in [0.29, 0.717) is 25.0 Å². The molecular formula is C14H16BrN3O2. The topological polar surface area (TPSA) is 47.5 Å². The largest absolute Gasteiger partial charge is 0.480 e. The van der Waals surface area contributed by atoms with E-state index >= 15 is 0 Å². The highest BCUT2D eigenvalue weighted by Crippen LogP contribution is 2.31. The summed E-state index contributed by atoms with van der Waals surface area (Å²) in [6.45, 7) is 5.06. The number of ether oxygens (including phenoxy) is 2. The van der Waals surface area contributed by atoms with E-state index < -0.39 is 0 Å². The number of nitrogens with zero attached hydrogens (tertiary/aromatic N) is 3. The van der Waals surface area contributed by atoms with Gasteiger partial charge >= 0.3 is 0 Å². The third kappa shape index (κ3) is 2.45. The molecule has 0 bridgehead atoms. The average Bonchev–Trinajstić information content (AvgIpc) is 2.47. The molecule has 0 unspecified atom stereocenters.